The minimum Gasteiger partial charge on any atom is -0.285 e. The Balaban J connectivity index is 2.59. The van der Waals surface area contributed by atoms with Crippen molar-refractivity contribution in [2.45, 2.75) is 23.2 Å². The molecule has 0 spiro atoms. The summed E-state index contributed by atoms with van der Waals surface area (Å²) in [5.41, 5.74) is 0. The molecule has 0 aromatic heterocycles. The van der Waals surface area contributed by atoms with E-state index in [9.17, 15) is 9.59 Å². The number of rotatable bonds is 2. The molecule has 68 valence electrons. The van der Waals surface area contributed by atoms with Gasteiger partial charge in [-0.05, 0) is 6.92 Å². The number of carbonyl (C=O) groups excluding carboxylic acids is 2. The molecule has 1 fully saturated rings. The van der Waals surface area contributed by atoms with Crippen LogP contribution in [0, 0.1) is 0 Å². The number of carbonyl (C=O) groups is 2. The van der Waals surface area contributed by atoms with Gasteiger partial charge in [0.2, 0.25) is 11.8 Å². The van der Waals surface area contributed by atoms with Gasteiger partial charge in [-0.2, -0.15) is 12.6 Å². The molecule has 0 aliphatic carbocycles. The van der Waals surface area contributed by atoms with Gasteiger partial charge in [-0.3, -0.25) is 14.5 Å². The molecule has 0 aromatic carbocycles. The van der Waals surface area contributed by atoms with Gasteiger partial charge in [-0.1, -0.05) is 0 Å². The summed E-state index contributed by atoms with van der Waals surface area (Å²) < 4.78 is 0.0956. The standard InChI is InChI=1S/C7H11NO2S2/c1-4(11)12-5-3-6(9)8(2)7(5)10/h4-5,11H,3H2,1-2H3. The Morgan fingerprint density at radius 2 is 2.25 bits per heavy atom. The maximum absolute atomic E-state index is 11.3. The van der Waals surface area contributed by atoms with E-state index in [1.807, 2.05) is 6.92 Å². The van der Waals surface area contributed by atoms with Crippen molar-refractivity contribution in [1.29, 1.82) is 0 Å². The van der Waals surface area contributed by atoms with Crippen LogP contribution in [0.3, 0.4) is 0 Å². The Kier molecular flexibility index (Phi) is 3.06. The van der Waals surface area contributed by atoms with Crippen molar-refractivity contribution in [1.82, 2.24) is 4.90 Å². The van der Waals surface area contributed by atoms with Gasteiger partial charge < -0.3 is 0 Å². The Hall–Kier alpha value is -0.160. The van der Waals surface area contributed by atoms with Crippen LogP contribution in [-0.4, -0.2) is 33.6 Å². The first-order chi connectivity index (χ1) is 5.52. The van der Waals surface area contributed by atoms with Crippen LogP contribution in [0.5, 0.6) is 0 Å². The zero-order valence-electron chi connectivity index (χ0n) is 6.98. The topological polar surface area (TPSA) is 37.4 Å². The summed E-state index contributed by atoms with van der Waals surface area (Å²) in [4.78, 5) is 23.5. The second-order valence-electron chi connectivity index (χ2n) is 2.72. The van der Waals surface area contributed by atoms with Crippen molar-refractivity contribution in [3.8, 4) is 0 Å². The number of hydrogen-bond acceptors (Lipinski definition) is 4. The number of nitrogens with zero attached hydrogens (tertiary/aromatic N) is 1. The molecule has 0 N–H and O–H groups in total. The van der Waals surface area contributed by atoms with Crippen LogP contribution in [-0.2, 0) is 9.59 Å². The van der Waals surface area contributed by atoms with Crippen LogP contribution < -0.4 is 0 Å². The highest BCUT2D eigenvalue weighted by atomic mass is 32.2. The smallest absolute Gasteiger partial charge is 0.242 e. The third-order valence-corrected chi connectivity index (χ3v) is 3.16. The van der Waals surface area contributed by atoms with Gasteiger partial charge in [-0.25, -0.2) is 0 Å². The third-order valence-electron chi connectivity index (χ3n) is 1.70. The number of amides is 2. The first kappa shape index (κ1) is 9.92. The Morgan fingerprint density at radius 3 is 2.58 bits per heavy atom. The van der Waals surface area contributed by atoms with Crippen molar-refractivity contribution in [2.24, 2.45) is 0 Å². The van der Waals surface area contributed by atoms with Gasteiger partial charge in [0.15, 0.2) is 0 Å². The summed E-state index contributed by atoms with van der Waals surface area (Å²) >= 11 is 5.58. The summed E-state index contributed by atoms with van der Waals surface area (Å²) in [5, 5.41) is -0.213. The first-order valence-electron chi connectivity index (χ1n) is 3.66. The van der Waals surface area contributed by atoms with Gasteiger partial charge in [0.05, 0.1) is 5.25 Å². The lowest BCUT2D eigenvalue weighted by Crippen LogP contribution is -2.26. The predicted molar refractivity (Wildman–Crippen MR) is 52.2 cm³/mol. The zero-order chi connectivity index (χ0) is 9.30. The quantitative estimate of drug-likeness (QED) is 0.411. The number of hydrogen-bond donors (Lipinski definition) is 1. The molecular formula is C7H11NO2S2. The third kappa shape index (κ3) is 1.95. The lowest BCUT2D eigenvalue weighted by Gasteiger charge is -2.09. The van der Waals surface area contributed by atoms with Crippen LogP contribution in [0.15, 0.2) is 0 Å². The minimum atomic E-state index is -0.213. The second kappa shape index (κ2) is 3.70. The lowest BCUT2D eigenvalue weighted by molar-refractivity contribution is -0.136. The fourth-order valence-corrected chi connectivity index (χ4v) is 2.50. The number of thiol groups is 1. The molecule has 3 nitrogen and oxygen atoms in total. The van der Waals surface area contributed by atoms with Crippen molar-refractivity contribution >= 4 is 36.2 Å². The molecule has 1 saturated heterocycles. The molecule has 5 heteroatoms. The van der Waals surface area contributed by atoms with Gasteiger partial charge in [-0.15, -0.1) is 11.8 Å². The summed E-state index contributed by atoms with van der Waals surface area (Å²) in [6.07, 6.45) is 0.324. The molecule has 1 aliphatic rings. The molecular weight excluding hydrogens is 194 g/mol. The molecule has 2 unspecified atom stereocenters. The average Bonchev–Trinajstić information content (AvgIpc) is 2.17. The highest BCUT2D eigenvalue weighted by molar-refractivity contribution is 8.11. The number of thioether (sulfide) groups is 1. The van der Waals surface area contributed by atoms with E-state index < -0.39 is 0 Å². The number of imide groups is 1. The number of likely N-dealkylation sites (tertiary alicyclic amines) is 1. The molecule has 1 heterocycles. The summed E-state index contributed by atoms with van der Waals surface area (Å²) in [7, 11) is 1.52. The second-order valence-corrected chi connectivity index (χ2v) is 5.39. The first-order valence-corrected chi connectivity index (χ1v) is 5.12. The van der Waals surface area contributed by atoms with Crippen LogP contribution in [0.25, 0.3) is 0 Å². The van der Waals surface area contributed by atoms with Crippen LogP contribution >= 0.6 is 24.4 Å². The van der Waals surface area contributed by atoms with E-state index in [4.69, 9.17) is 0 Å². The SMILES string of the molecule is CC(S)SC1CC(=O)N(C)C1=O. The normalized spacial score (nSPS) is 26.6. The van der Waals surface area contributed by atoms with Crippen molar-refractivity contribution < 1.29 is 9.59 Å². The maximum Gasteiger partial charge on any atom is 0.242 e. The van der Waals surface area contributed by atoms with Gasteiger partial charge in [0.1, 0.15) is 0 Å². The average molecular weight is 205 g/mol. The van der Waals surface area contributed by atoms with Gasteiger partial charge in [0.25, 0.3) is 0 Å². The molecule has 0 saturated carbocycles. The van der Waals surface area contributed by atoms with E-state index >= 15 is 0 Å². The Labute approximate surface area is 81.3 Å². The fourth-order valence-electron chi connectivity index (χ4n) is 1.07. The monoisotopic (exact) mass is 205 g/mol. The molecule has 2 atom stereocenters. The van der Waals surface area contributed by atoms with E-state index in [1.165, 1.54) is 23.7 Å². The largest absolute Gasteiger partial charge is 0.285 e. The van der Waals surface area contributed by atoms with Gasteiger partial charge in [0, 0.05) is 18.1 Å². The van der Waals surface area contributed by atoms with Crippen LogP contribution in [0.4, 0.5) is 0 Å². The van der Waals surface area contributed by atoms with E-state index in [0.717, 1.165) is 0 Å². The Bertz CT molecular complexity index is 217. The molecule has 0 bridgehead atoms. The summed E-state index contributed by atoms with van der Waals surface area (Å²) in [6, 6.07) is 0. The Morgan fingerprint density at radius 1 is 1.67 bits per heavy atom. The van der Waals surface area contributed by atoms with Crippen LogP contribution in [0.1, 0.15) is 13.3 Å². The molecule has 12 heavy (non-hydrogen) atoms. The van der Waals surface area contributed by atoms with E-state index in [1.54, 1.807) is 0 Å². The molecule has 0 aromatic rings. The lowest BCUT2D eigenvalue weighted by atomic mass is 10.4. The molecule has 0 radical (unpaired) electrons. The van der Waals surface area contributed by atoms with Crippen molar-refractivity contribution in [2.75, 3.05) is 7.05 Å². The van der Waals surface area contributed by atoms with E-state index in [0.29, 0.717) is 6.42 Å². The highest BCUT2D eigenvalue weighted by Crippen LogP contribution is 2.28. The fraction of sp³-hybridized carbons (Fsp3) is 0.714. The van der Waals surface area contributed by atoms with Crippen molar-refractivity contribution in [3.05, 3.63) is 0 Å². The highest BCUT2D eigenvalue weighted by Gasteiger charge is 2.36. The molecule has 1 rings (SSSR count). The molecule has 2 amide bonds. The zero-order valence-corrected chi connectivity index (χ0v) is 8.69. The van der Waals surface area contributed by atoms with E-state index in [2.05, 4.69) is 12.6 Å². The molecule has 1 aliphatic heterocycles. The predicted octanol–water partition coefficient (Wildman–Crippen LogP) is 0.753. The van der Waals surface area contributed by atoms with Gasteiger partial charge >= 0.3 is 0 Å². The van der Waals surface area contributed by atoms with Crippen molar-refractivity contribution in [3.63, 3.8) is 0 Å². The maximum atomic E-state index is 11.3. The summed E-state index contributed by atoms with van der Waals surface area (Å²) in [6.45, 7) is 1.89. The minimum absolute atomic E-state index is 0.0912. The van der Waals surface area contributed by atoms with E-state index in [-0.39, 0.29) is 21.6 Å². The van der Waals surface area contributed by atoms with Crippen LogP contribution in [0.2, 0.25) is 0 Å². The summed E-state index contributed by atoms with van der Waals surface area (Å²) in [5.74, 6) is -0.183.